The molecule has 1 amide bonds. The van der Waals surface area contributed by atoms with Gasteiger partial charge in [0.1, 0.15) is 36.2 Å². The highest BCUT2D eigenvalue weighted by atomic mass is 16.7. The van der Waals surface area contributed by atoms with Crippen molar-refractivity contribution in [3.8, 4) is 17.2 Å². The lowest BCUT2D eigenvalue weighted by molar-refractivity contribution is -0.256. The van der Waals surface area contributed by atoms with E-state index in [0.29, 0.717) is 41.4 Å². The van der Waals surface area contributed by atoms with Gasteiger partial charge in [-0.3, -0.25) is 9.69 Å². The maximum atomic E-state index is 14.2. The molecule has 0 saturated heterocycles. The zero-order chi connectivity index (χ0) is 43.0. The summed E-state index contributed by atoms with van der Waals surface area (Å²) in [5.41, 5.74) is 3.85. The van der Waals surface area contributed by atoms with Gasteiger partial charge in [-0.25, -0.2) is 4.79 Å². The molecule has 328 valence electrons. The number of amides is 1. The van der Waals surface area contributed by atoms with Gasteiger partial charge in [-0.1, -0.05) is 72.6 Å². The molecule has 13 nitrogen and oxygen atoms in total. The first-order chi connectivity index (χ1) is 29.9. The number of benzene rings is 3. The van der Waals surface area contributed by atoms with Gasteiger partial charge in [0.25, 0.3) is 0 Å². The highest BCUT2D eigenvalue weighted by Gasteiger charge is 2.65. The fourth-order valence-electron chi connectivity index (χ4n) is 9.17. The Morgan fingerprint density at radius 2 is 1.74 bits per heavy atom. The highest BCUT2D eigenvalue weighted by Crippen LogP contribution is 2.62. The molecule has 1 fully saturated rings. The number of aliphatic hydroxyl groups excluding tert-OH is 3. The lowest BCUT2D eigenvalue weighted by Gasteiger charge is -2.59. The lowest BCUT2D eigenvalue weighted by atomic mass is 9.55. The van der Waals surface area contributed by atoms with Crippen LogP contribution in [0.4, 0.5) is 4.79 Å². The zero-order valence-corrected chi connectivity index (χ0v) is 35.1. The molecule has 13 heteroatoms. The van der Waals surface area contributed by atoms with Gasteiger partial charge in [0.2, 0.25) is 5.79 Å². The number of unbranched alkanes of at least 4 members (excludes halogenated alkanes) is 2. The summed E-state index contributed by atoms with van der Waals surface area (Å²) in [6.07, 6.45) is 8.71. The van der Waals surface area contributed by atoms with E-state index in [-0.39, 0.29) is 83.6 Å². The molecule has 61 heavy (non-hydrogen) atoms. The molecule has 3 N–H and O–H groups in total. The third-order valence-corrected chi connectivity index (χ3v) is 11.7. The summed E-state index contributed by atoms with van der Waals surface area (Å²) in [5, 5.41) is 34.2. The Kier molecular flexibility index (Phi) is 16.9. The zero-order valence-electron chi connectivity index (χ0n) is 35.1. The number of ether oxygens (including phenoxy) is 5. The first kappa shape index (κ1) is 45.5. The van der Waals surface area contributed by atoms with E-state index < -0.39 is 23.8 Å². The van der Waals surface area contributed by atoms with Crippen LogP contribution in [0.1, 0.15) is 79.3 Å². The second-order valence-electron chi connectivity index (χ2n) is 15.6. The van der Waals surface area contributed by atoms with Gasteiger partial charge in [-0.2, -0.15) is 0 Å². The van der Waals surface area contributed by atoms with Crippen LogP contribution in [0.15, 0.2) is 102 Å². The van der Waals surface area contributed by atoms with Crippen molar-refractivity contribution < 1.29 is 53.4 Å². The van der Waals surface area contributed by atoms with Crippen molar-refractivity contribution in [3.63, 3.8) is 0 Å². The largest absolute Gasteiger partial charge is 0.459 e. The summed E-state index contributed by atoms with van der Waals surface area (Å²) in [7, 11) is 0. The maximum absolute atomic E-state index is 14.2. The molecule has 1 heterocycles. The molecule has 1 saturated carbocycles. The Balaban J connectivity index is 1.57. The average molecular weight is 841 g/mol. The van der Waals surface area contributed by atoms with Crippen molar-refractivity contribution in [1.82, 2.24) is 4.90 Å². The molecule has 3 aromatic rings. The predicted octanol–water partition coefficient (Wildman–Crippen LogP) is 7.59. The van der Waals surface area contributed by atoms with E-state index in [0.717, 1.165) is 48.7 Å². The van der Waals surface area contributed by atoms with Crippen molar-refractivity contribution in [2.75, 3.05) is 52.8 Å². The third-order valence-electron chi connectivity index (χ3n) is 11.7. The summed E-state index contributed by atoms with van der Waals surface area (Å²) in [5.74, 6) is -0.680. The number of carbonyl (C=O) groups excluding carboxylic acids is 2. The van der Waals surface area contributed by atoms with Crippen LogP contribution in [0.3, 0.4) is 0 Å². The Morgan fingerprint density at radius 3 is 2.48 bits per heavy atom. The summed E-state index contributed by atoms with van der Waals surface area (Å²) in [6, 6.07) is 21.6. The fourth-order valence-corrected chi connectivity index (χ4v) is 9.17. The van der Waals surface area contributed by atoms with E-state index in [1.54, 1.807) is 42.2 Å². The van der Waals surface area contributed by atoms with Gasteiger partial charge in [-0.15, -0.1) is 6.58 Å². The summed E-state index contributed by atoms with van der Waals surface area (Å²) >= 11 is 0. The van der Waals surface area contributed by atoms with Gasteiger partial charge in [0.05, 0.1) is 44.7 Å². The molecule has 0 spiro atoms. The van der Waals surface area contributed by atoms with Crippen molar-refractivity contribution in [3.05, 3.63) is 114 Å². The van der Waals surface area contributed by atoms with Crippen LogP contribution in [0.5, 0.6) is 17.2 Å². The molecule has 3 aromatic carbocycles. The van der Waals surface area contributed by atoms with Gasteiger partial charge in [0, 0.05) is 43.2 Å². The normalized spacial score (nSPS) is 23.2. The standard InChI is InChI=1S/C48H60N2O11/c1-3-25-58-48-44(50(47(55)57-4-2)21-26-56-27-24-53)31-42(49-59-33-34-13-6-5-7-14-34)40-29-36(16-8-10-22-51)39(18-9-11-23-52)45(46(40)48)41-30-38(19-20-43(41)61-48)60-37-17-12-15-35(28-37)32-54/h3,5-7,12-15,17,19-20,28-30,32,36,39,44-46,51-53H,1,4,8-11,16,18,21-27,31,33H2,2H3. The number of hydrogen-bond acceptors (Lipinski definition) is 12. The fraction of sp³-hybridized carbons (Fsp3) is 0.479. The van der Waals surface area contributed by atoms with Crippen LogP contribution in [-0.4, -0.2) is 103 Å². The second-order valence-corrected chi connectivity index (χ2v) is 15.6. The number of allylic oxidation sites excluding steroid dienone is 1. The maximum Gasteiger partial charge on any atom is 0.410 e. The second kappa shape index (κ2) is 22.7. The molecular formula is C48H60N2O11. The first-order valence-electron chi connectivity index (χ1n) is 21.5. The molecule has 3 aliphatic rings. The summed E-state index contributed by atoms with van der Waals surface area (Å²) in [4.78, 5) is 33.6. The van der Waals surface area contributed by atoms with Gasteiger partial charge in [0.15, 0.2) is 0 Å². The molecule has 6 atom stereocenters. The average Bonchev–Trinajstić information content (AvgIpc) is 3.28. The van der Waals surface area contributed by atoms with E-state index in [9.17, 15) is 24.9 Å². The monoisotopic (exact) mass is 840 g/mol. The smallest absolute Gasteiger partial charge is 0.410 e. The van der Waals surface area contributed by atoms with Crippen LogP contribution in [-0.2, 0) is 25.7 Å². The SMILES string of the molecule is C=CCOC12Oc3ccc(Oc4cccc(C=O)c4)cc3C3C(CCCCO)C(CCCCO)C=C(C(=NOCc4ccccc4)CC1N(CCOCCO)C(=O)OCC)C32. The molecular weight excluding hydrogens is 781 g/mol. The number of fused-ring (bicyclic) bond motifs is 2. The minimum atomic E-state index is -1.49. The molecule has 6 unspecified atom stereocenters. The number of aldehydes is 1. The van der Waals surface area contributed by atoms with E-state index in [4.69, 9.17) is 33.7 Å². The van der Waals surface area contributed by atoms with Crippen molar-refractivity contribution in [1.29, 1.82) is 0 Å². The van der Waals surface area contributed by atoms with Gasteiger partial charge in [-0.05, 0) is 85.9 Å². The third kappa shape index (κ3) is 10.9. The Morgan fingerprint density at radius 1 is 0.951 bits per heavy atom. The minimum Gasteiger partial charge on any atom is -0.459 e. The number of hydrogen-bond donors (Lipinski definition) is 3. The van der Waals surface area contributed by atoms with E-state index >= 15 is 0 Å². The van der Waals surface area contributed by atoms with Crippen LogP contribution >= 0.6 is 0 Å². The van der Waals surface area contributed by atoms with Crippen LogP contribution in [0, 0.1) is 17.8 Å². The Bertz CT molecular complexity index is 1950. The molecule has 0 bridgehead atoms. The van der Waals surface area contributed by atoms with E-state index in [1.807, 2.05) is 48.5 Å². The number of oxime groups is 1. The molecule has 1 aliphatic heterocycles. The van der Waals surface area contributed by atoms with Crippen molar-refractivity contribution in [2.24, 2.45) is 22.9 Å². The molecule has 6 rings (SSSR count). The minimum absolute atomic E-state index is 0.00356. The Hall–Kier alpha value is -5.05. The lowest BCUT2D eigenvalue weighted by Crippen LogP contribution is -2.70. The van der Waals surface area contributed by atoms with Gasteiger partial charge >= 0.3 is 6.09 Å². The molecule has 2 aliphatic carbocycles. The van der Waals surface area contributed by atoms with Crippen molar-refractivity contribution in [2.45, 2.75) is 76.2 Å². The van der Waals surface area contributed by atoms with E-state index in [1.165, 1.54) is 0 Å². The Labute approximate surface area is 358 Å². The number of carbonyl (C=O) groups is 2. The quantitative estimate of drug-likeness (QED) is 0.0352. The van der Waals surface area contributed by atoms with Crippen LogP contribution < -0.4 is 9.47 Å². The molecule has 0 aromatic heterocycles. The van der Waals surface area contributed by atoms with E-state index in [2.05, 4.69) is 12.7 Å². The number of rotatable bonds is 24. The molecule has 0 radical (unpaired) electrons. The van der Waals surface area contributed by atoms with Gasteiger partial charge < -0.3 is 43.8 Å². The summed E-state index contributed by atoms with van der Waals surface area (Å²) < 4.78 is 32.1. The summed E-state index contributed by atoms with van der Waals surface area (Å²) in [6.45, 7) is 6.48. The van der Waals surface area contributed by atoms with Crippen LogP contribution in [0.25, 0.3) is 0 Å². The predicted molar refractivity (Wildman–Crippen MR) is 230 cm³/mol. The first-order valence-corrected chi connectivity index (χ1v) is 21.5. The number of aliphatic hydroxyl groups is 3. The van der Waals surface area contributed by atoms with Crippen molar-refractivity contribution >= 4 is 18.1 Å². The number of nitrogens with zero attached hydrogens (tertiary/aromatic N) is 2. The topological polar surface area (TPSA) is 166 Å². The van der Waals surface area contributed by atoms with Crippen LogP contribution in [0.2, 0.25) is 0 Å². The highest BCUT2D eigenvalue weighted by molar-refractivity contribution is 6.03.